The van der Waals surface area contributed by atoms with Crippen LogP contribution in [0.4, 0.5) is 4.39 Å². The summed E-state index contributed by atoms with van der Waals surface area (Å²) in [6.45, 7) is 5.38. The predicted molar refractivity (Wildman–Crippen MR) is 68.0 cm³/mol. The van der Waals surface area contributed by atoms with Crippen LogP contribution in [0, 0.1) is 5.82 Å². The van der Waals surface area contributed by atoms with Crippen molar-refractivity contribution < 1.29 is 14.2 Å². The van der Waals surface area contributed by atoms with Crippen LogP contribution in [0.5, 0.6) is 5.75 Å². The van der Waals surface area contributed by atoms with Crippen LogP contribution in [-0.4, -0.2) is 35.8 Å². The summed E-state index contributed by atoms with van der Waals surface area (Å²) in [5.41, 5.74) is 0.891. The van der Waals surface area contributed by atoms with E-state index in [9.17, 15) is 4.39 Å². The maximum atomic E-state index is 13.2. The minimum atomic E-state index is -0.550. The van der Waals surface area contributed by atoms with Crippen molar-refractivity contribution in [2.45, 2.75) is 32.4 Å². The summed E-state index contributed by atoms with van der Waals surface area (Å²) < 4.78 is 18.9. The van der Waals surface area contributed by atoms with Crippen molar-refractivity contribution in [3.05, 3.63) is 29.6 Å². The van der Waals surface area contributed by atoms with Crippen LogP contribution in [0.1, 0.15) is 25.3 Å². The van der Waals surface area contributed by atoms with E-state index in [1.165, 1.54) is 12.1 Å². The lowest BCUT2D eigenvalue weighted by Gasteiger charge is -2.32. The Morgan fingerprint density at radius 2 is 2.33 bits per heavy atom. The van der Waals surface area contributed by atoms with Crippen molar-refractivity contribution in [3.8, 4) is 5.75 Å². The molecule has 0 aromatic heterocycles. The van der Waals surface area contributed by atoms with E-state index in [2.05, 4.69) is 4.90 Å². The average Bonchev–Trinajstić information content (AvgIpc) is 2.35. The van der Waals surface area contributed by atoms with Crippen LogP contribution >= 0.6 is 0 Å². The van der Waals surface area contributed by atoms with Crippen molar-refractivity contribution in [1.82, 2.24) is 4.90 Å². The van der Waals surface area contributed by atoms with Crippen LogP contribution in [0.25, 0.3) is 0 Å². The highest BCUT2D eigenvalue weighted by atomic mass is 19.1. The predicted octanol–water partition coefficient (Wildman–Crippen LogP) is 2.53. The third-order valence-electron chi connectivity index (χ3n) is 3.28. The molecule has 3 nitrogen and oxygen atoms in total. The Balaban J connectivity index is 1.93. The van der Waals surface area contributed by atoms with Gasteiger partial charge in [-0.1, -0.05) is 6.07 Å². The number of piperidine rings is 1. The number of nitrogens with zero attached hydrogens (tertiary/aromatic N) is 1. The lowest BCUT2D eigenvalue weighted by Crippen LogP contribution is -2.39. The fraction of sp³-hybridized carbons (Fsp3) is 0.571. The number of hydrogen-bond donors (Lipinski definition) is 1. The molecule has 1 aliphatic heterocycles. The Labute approximate surface area is 107 Å². The lowest BCUT2D eigenvalue weighted by atomic mass is 10.1. The van der Waals surface area contributed by atoms with E-state index in [4.69, 9.17) is 9.84 Å². The minimum absolute atomic E-state index is 0.287. The minimum Gasteiger partial charge on any atom is -0.505 e. The highest BCUT2D eigenvalue weighted by Gasteiger charge is 2.20. The normalized spacial score (nSPS) is 21.1. The molecule has 1 atom stereocenters. The molecule has 0 bridgehead atoms. The van der Waals surface area contributed by atoms with Gasteiger partial charge < -0.3 is 9.84 Å². The van der Waals surface area contributed by atoms with Crippen molar-refractivity contribution in [1.29, 1.82) is 0 Å². The van der Waals surface area contributed by atoms with Crippen LogP contribution in [0.2, 0.25) is 0 Å². The van der Waals surface area contributed by atoms with Gasteiger partial charge in [-0.3, -0.25) is 4.90 Å². The molecule has 18 heavy (non-hydrogen) atoms. The van der Waals surface area contributed by atoms with Crippen molar-refractivity contribution >= 4 is 0 Å². The van der Waals surface area contributed by atoms with Gasteiger partial charge in [0.2, 0.25) is 0 Å². The third-order valence-corrected chi connectivity index (χ3v) is 3.28. The molecule has 0 amide bonds. The number of likely N-dealkylation sites (tertiary alicyclic amines) is 1. The third kappa shape index (κ3) is 3.43. The first-order chi connectivity index (χ1) is 8.69. The molecule has 1 saturated heterocycles. The van der Waals surface area contributed by atoms with E-state index in [1.807, 2.05) is 6.92 Å². The Kier molecular flexibility index (Phi) is 4.55. The first-order valence-corrected chi connectivity index (χ1v) is 6.50. The van der Waals surface area contributed by atoms with Gasteiger partial charge in [0.05, 0.1) is 6.10 Å². The van der Waals surface area contributed by atoms with Crippen molar-refractivity contribution in [2.24, 2.45) is 0 Å². The molecular weight excluding hydrogens is 233 g/mol. The van der Waals surface area contributed by atoms with Gasteiger partial charge in [0.25, 0.3) is 0 Å². The Bertz CT molecular complexity index is 395. The smallest absolute Gasteiger partial charge is 0.165 e. The summed E-state index contributed by atoms with van der Waals surface area (Å²) in [7, 11) is 0. The van der Waals surface area contributed by atoms with E-state index in [-0.39, 0.29) is 5.75 Å². The summed E-state index contributed by atoms with van der Waals surface area (Å²) in [4.78, 5) is 2.27. The largest absolute Gasteiger partial charge is 0.505 e. The van der Waals surface area contributed by atoms with Crippen molar-refractivity contribution in [2.75, 3.05) is 19.7 Å². The van der Waals surface area contributed by atoms with Crippen LogP contribution in [-0.2, 0) is 11.3 Å². The molecule has 0 saturated carbocycles. The van der Waals surface area contributed by atoms with Gasteiger partial charge in [-0.2, -0.15) is 0 Å². The van der Waals surface area contributed by atoms with E-state index >= 15 is 0 Å². The number of phenolic OH excluding ortho intramolecular Hbond substituents is 1. The molecule has 1 fully saturated rings. The van der Waals surface area contributed by atoms with Crippen molar-refractivity contribution in [3.63, 3.8) is 0 Å². The number of hydrogen-bond acceptors (Lipinski definition) is 3. The number of phenols is 1. The van der Waals surface area contributed by atoms with Gasteiger partial charge in [-0.25, -0.2) is 4.39 Å². The molecule has 4 heteroatoms. The Morgan fingerprint density at radius 3 is 3.06 bits per heavy atom. The molecule has 2 rings (SSSR count). The second-order valence-electron chi connectivity index (χ2n) is 4.74. The molecule has 1 N–H and O–H groups in total. The van der Waals surface area contributed by atoms with E-state index in [0.717, 1.165) is 38.1 Å². The molecule has 0 aliphatic carbocycles. The number of aromatic hydroxyl groups is 1. The second kappa shape index (κ2) is 6.16. The molecule has 1 unspecified atom stereocenters. The summed E-state index contributed by atoms with van der Waals surface area (Å²) in [6.07, 6.45) is 2.52. The van der Waals surface area contributed by atoms with Crippen LogP contribution in [0.15, 0.2) is 18.2 Å². The quantitative estimate of drug-likeness (QED) is 0.895. The molecule has 0 spiro atoms. The zero-order chi connectivity index (χ0) is 13.0. The lowest BCUT2D eigenvalue weighted by molar-refractivity contribution is 0.00361. The second-order valence-corrected chi connectivity index (χ2v) is 4.74. The standard InChI is InChI=1S/C14H20FNO2/c1-2-18-12-4-3-7-16(10-12)9-11-5-6-14(17)13(15)8-11/h5-6,8,12,17H,2-4,7,9-10H2,1H3. The first-order valence-electron chi connectivity index (χ1n) is 6.50. The van der Waals surface area contributed by atoms with Crippen LogP contribution in [0.3, 0.4) is 0 Å². The van der Waals surface area contributed by atoms with Gasteiger partial charge in [0, 0.05) is 19.7 Å². The molecule has 1 aromatic carbocycles. The molecule has 1 heterocycles. The van der Waals surface area contributed by atoms with Gasteiger partial charge in [-0.15, -0.1) is 0 Å². The fourth-order valence-electron chi connectivity index (χ4n) is 2.44. The molecular formula is C14H20FNO2. The number of benzene rings is 1. The number of rotatable bonds is 4. The SMILES string of the molecule is CCOC1CCCN(Cc2ccc(O)c(F)c2)C1. The monoisotopic (exact) mass is 253 g/mol. The van der Waals surface area contributed by atoms with E-state index in [1.54, 1.807) is 6.07 Å². The molecule has 100 valence electrons. The van der Waals surface area contributed by atoms with E-state index < -0.39 is 5.82 Å². The maximum Gasteiger partial charge on any atom is 0.165 e. The summed E-state index contributed by atoms with van der Waals surface area (Å²) in [6, 6.07) is 4.58. The van der Waals surface area contributed by atoms with Gasteiger partial charge in [0.15, 0.2) is 11.6 Å². The highest BCUT2D eigenvalue weighted by molar-refractivity contribution is 5.27. The first kappa shape index (κ1) is 13.3. The number of halogens is 1. The van der Waals surface area contributed by atoms with E-state index in [0.29, 0.717) is 12.6 Å². The fourth-order valence-corrected chi connectivity index (χ4v) is 2.44. The molecule has 1 aliphatic rings. The van der Waals surface area contributed by atoms with Gasteiger partial charge >= 0.3 is 0 Å². The average molecular weight is 253 g/mol. The van der Waals surface area contributed by atoms with Gasteiger partial charge in [0.1, 0.15) is 0 Å². The molecule has 0 radical (unpaired) electrons. The number of ether oxygens (including phenoxy) is 1. The summed E-state index contributed by atoms with van der Waals surface area (Å²) >= 11 is 0. The van der Waals surface area contributed by atoms with Crippen LogP contribution < -0.4 is 0 Å². The Morgan fingerprint density at radius 1 is 1.50 bits per heavy atom. The zero-order valence-electron chi connectivity index (χ0n) is 10.7. The topological polar surface area (TPSA) is 32.7 Å². The zero-order valence-corrected chi connectivity index (χ0v) is 10.7. The highest BCUT2D eigenvalue weighted by Crippen LogP contribution is 2.20. The maximum absolute atomic E-state index is 13.2. The Hall–Kier alpha value is -1.13. The molecule has 1 aromatic rings. The summed E-state index contributed by atoms with van der Waals surface area (Å²) in [5.74, 6) is -0.838. The van der Waals surface area contributed by atoms with Gasteiger partial charge in [-0.05, 0) is 44.0 Å². The summed E-state index contributed by atoms with van der Waals surface area (Å²) in [5, 5.41) is 9.15.